The summed E-state index contributed by atoms with van der Waals surface area (Å²) in [6.45, 7) is 0. The van der Waals surface area contributed by atoms with Crippen molar-refractivity contribution in [3.63, 3.8) is 0 Å². The van der Waals surface area contributed by atoms with E-state index in [0.717, 1.165) is 24.2 Å². The van der Waals surface area contributed by atoms with Gasteiger partial charge in [-0.05, 0) is 38.8 Å². The van der Waals surface area contributed by atoms with Crippen molar-refractivity contribution in [2.75, 3.05) is 14.2 Å². The Bertz CT molecular complexity index is 503. The molecule has 21 heavy (non-hydrogen) atoms. The Morgan fingerprint density at radius 1 is 1.29 bits per heavy atom. The van der Waals surface area contributed by atoms with E-state index < -0.39 is 0 Å². The first-order valence-corrected chi connectivity index (χ1v) is 7.80. The van der Waals surface area contributed by atoms with Crippen LogP contribution in [0, 0.1) is 0 Å². The minimum atomic E-state index is 0.105. The fourth-order valence-electron chi connectivity index (χ4n) is 3.83. The lowest BCUT2D eigenvalue weighted by molar-refractivity contribution is -0.121. The molecule has 2 heterocycles. The lowest BCUT2D eigenvalue weighted by atomic mass is 9.97. The number of carbonyl (C=O) groups is 1. The second-order valence-corrected chi connectivity index (χ2v) is 6.27. The molecule has 1 aromatic rings. The number of ether oxygens (including phenoxy) is 1. The van der Waals surface area contributed by atoms with E-state index >= 15 is 0 Å². The number of benzene rings is 1. The topological polar surface area (TPSA) is 41.6 Å². The van der Waals surface area contributed by atoms with E-state index in [4.69, 9.17) is 4.74 Å². The maximum Gasteiger partial charge on any atom is 0.224 e. The summed E-state index contributed by atoms with van der Waals surface area (Å²) in [6, 6.07) is 9.37. The van der Waals surface area contributed by atoms with Crippen molar-refractivity contribution in [3.8, 4) is 5.75 Å². The van der Waals surface area contributed by atoms with Crippen molar-refractivity contribution in [1.82, 2.24) is 10.2 Å². The van der Waals surface area contributed by atoms with Gasteiger partial charge in [0.15, 0.2) is 0 Å². The van der Waals surface area contributed by atoms with E-state index in [0.29, 0.717) is 24.5 Å². The van der Waals surface area contributed by atoms with Gasteiger partial charge in [0.1, 0.15) is 5.75 Å². The number of amides is 1. The predicted molar refractivity (Wildman–Crippen MR) is 82.4 cm³/mol. The Kier molecular flexibility index (Phi) is 4.15. The zero-order valence-electron chi connectivity index (χ0n) is 12.8. The van der Waals surface area contributed by atoms with Gasteiger partial charge in [0, 0.05) is 23.7 Å². The van der Waals surface area contributed by atoms with Crippen LogP contribution in [0.3, 0.4) is 0 Å². The van der Waals surface area contributed by atoms with Crippen molar-refractivity contribution in [3.05, 3.63) is 29.8 Å². The fraction of sp³-hybridized carbons (Fsp3) is 0.588. The first-order valence-electron chi connectivity index (χ1n) is 7.80. The van der Waals surface area contributed by atoms with Crippen molar-refractivity contribution in [2.24, 2.45) is 0 Å². The Morgan fingerprint density at radius 2 is 1.95 bits per heavy atom. The van der Waals surface area contributed by atoms with Crippen LogP contribution in [0.4, 0.5) is 0 Å². The number of nitrogens with one attached hydrogen (secondary N) is 1. The van der Waals surface area contributed by atoms with Gasteiger partial charge in [-0.25, -0.2) is 0 Å². The highest BCUT2D eigenvalue weighted by Crippen LogP contribution is 2.34. The van der Waals surface area contributed by atoms with E-state index in [-0.39, 0.29) is 5.91 Å². The molecular weight excluding hydrogens is 264 g/mol. The molecule has 2 aliphatic rings. The quantitative estimate of drug-likeness (QED) is 0.921. The molecule has 0 aromatic heterocycles. The number of methoxy groups -OCH3 is 1. The molecule has 1 amide bonds. The number of para-hydroxylation sites is 1. The summed E-state index contributed by atoms with van der Waals surface area (Å²) in [5.74, 6) is 0.893. The third kappa shape index (κ3) is 3.05. The molecule has 0 aliphatic carbocycles. The number of rotatable bonds is 4. The number of piperidine rings is 1. The maximum absolute atomic E-state index is 12.3. The normalized spacial score (nSPS) is 28.4. The van der Waals surface area contributed by atoms with Crippen LogP contribution in [0.5, 0.6) is 5.75 Å². The molecule has 0 radical (unpaired) electrons. The lowest BCUT2D eigenvalue weighted by Crippen LogP contribution is -2.49. The monoisotopic (exact) mass is 288 g/mol. The first kappa shape index (κ1) is 14.4. The summed E-state index contributed by atoms with van der Waals surface area (Å²) in [6.07, 6.45) is 5.13. The first-order chi connectivity index (χ1) is 10.2. The van der Waals surface area contributed by atoms with E-state index in [9.17, 15) is 4.79 Å². The average Bonchev–Trinajstić information content (AvgIpc) is 2.70. The minimum Gasteiger partial charge on any atom is -0.496 e. The average molecular weight is 288 g/mol. The molecule has 2 aliphatic heterocycles. The summed E-state index contributed by atoms with van der Waals surface area (Å²) in [5, 5.41) is 3.22. The minimum absolute atomic E-state index is 0.105. The van der Waals surface area contributed by atoms with Crippen LogP contribution in [0.1, 0.15) is 31.2 Å². The van der Waals surface area contributed by atoms with Crippen molar-refractivity contribution in [2.45, 2.75) is 50.2 Å². The Balaban J connectivity index is 1.57. The van der Waals surface area contributed by atoms with Gasteiger partial charge in [0.25, 0.3) is 0 Å². The van der Waals surface area contributed by atoms with E-state index in [1.165, 1.54) is 12.8 Å². The van der Waals surface area contributed by atoms with E-state index in [1.807, 2.05) is 24.3 Å². The number of fused-ring (bicyclic) bond motifs is 2. The van der Waals surface area contributed by atoms with Crippen LogP contribution in [0.2, 0.25) is 0 Å². The highest BCUT2D eigenvalue weighted by Gasteiger charge is 2.38. The van der Waals surface area contributed by atoms with Gasteiger partial charge in [0.2, 0.25) is 5.91 Å². The third-order valence-electron chi connectivity index (χ3n) is 5.01. The second-order valence-electron chi connectivity index (χ2n) is 6.27. The zero-order valence-corrected chi connectivity index (χ0v) is 12.8. The van der Waals surface area contributed by atoms with Crippen molar-refractivity contribution in [1.29, 1.82) is 0 Å². The molecule has 2 fully saturated rings. The van der Waals surface area contributed by atoms with Crippen LogP contribution < -0.4 is 10.1 Å². The molecular formula is C17H24N2O2. The Labute approximate surface area is 126 Å². The maximum atomic E-state index is 12.3. The van der Waals surface area contributed by atoms with Gasteiger partial charge < -0.3 is 15.0 Å². The van der Waals surface area contributed by atoms with Gasteiger partial charge in [-0.15, -0.1) is 0 Å². The van der Waals surface area contributed by atoms with Gasteiger partial charge in [-0.3, -0.25) is 4.79 Å². The number of hydrogen-bond acceptors (Lipinski definition) is 3. The number of hydrogen-bond donors (Lipinski definition) is 1. The van der Waals surface area contributed by atoms with E-state index in [2.05, 4.69) is 17.3 Å². The molecule has 3 rings (SSSR count). The fourth-order valence-corrected chi connectivity index (χ4v) is 3.83. The Hall–Kier alpha value is -1.55. The molecule has 0 unspecified atom stereocenters. The molecule has 0 saturated carbocycles. The number of nitrogens with zero attached hydrogens (tertiary/aromatic N) is 1. The molecule has 4 heteroatoms. The summed E-state index contributed by atoms with van der Waals surface area (Å²) in [5.41, 5.74) is 0.952. The van der Waals surface area contributed by atoms with Gasteiger partial charge in [0.05, 0.1) is 13.5 Å². The molecule has 2 bridgehead atoms. The van der Waals surface area contributed by atoms with Crippen LogP contribution in [-0.2, 0) is 11.2 Å². The molecule has 2 saturated heterocycles. The van der Waals surface area contributed by atoms with Gasteiger partial charge >= 0.3 is 0 Å². The smallest absolute Gasteiger partial charge is 0.224 e. The highest BCUT2D eigenvalue weighted by molar-refractivity contribution is 5.79. The van der Waals surface area contributed by atoms with Crippen LogP contribution in [-0.4, -0.2) is 43.1 Å². The van der Waals surface area contributed by atoms with Crippen LogP contribution in [0.15, 0.2) is 24.3 Å². The van der Waals surface area contributed by atoms with Crippen molar-refractivity contribution >= 4 is 5.91 Å². The van der Waals surface area contributed by atoms with Crippen LogP contribution >= 0.6 is 0 Å². The van der Waals surface area contributed by atoms with Gasteiger partial charge in [-0.1, -0.05) is 18.2 Å². The third-order valence-corrected chi connectivity index (χ3v) is 5.01. The Morgan fingerprint density at radius 3 is 2.62 bits per heavy atom. The van der Waals surface area contributed by atoms with Gasteiger partial charge in [-0.2, -0.15) is 0 Å². The highest BCUT2D eigenvalue weighted by atomic mass is 16.5. The standard InChI is InChI=1S/C17H24N2O2/c1-19-14-7-8-15(19)11-13(10-14)18-17(20)9-12-5-3-4-6-16(12)21-2/h3-6,13-15H,7-11H2,1-2H3,(H,18,20)/t14-,15-/m1/s1. The molecule has 0 spiro atoms. The predicted octanol–water partition coefficient (Wildman–Crippen LogP) is 1.98. The second kappa shape index (κ2) is 6.06. The molecule has 114 valence electrons. The van der Waals surface area contributed by atoms with E-state index in [1.54, 1.807) is 7.11 Å². The summed E-state index contributed by atoms with van der Waals surface area (Å²) >= 11 is 0. The summed E-state index contributed by atoms with van der Waals surface area (Å²) < 4.78 is 5.31. The molecule has 1 aromatic carbocycles. The van der Waals surface area contributed by atoms with Crippen LogP contribution in [0.25, 0.3) is 0 Å². The summed E-state index contributed by atoms with van der Waals surface area (Å²) in [4.78, 5) is 14.8. The zero-order chi connectivity index (χ0) is 14.8. The molecule has 2 atom stereocenters. The summed E-state index contributed by atoms with van der Waals surface area (Å²) in [7, 11) is 3.86. The molecule has 1 N–H and O–H groups in total. The van der Waals surface area contributed by atoms with Crippen molar-refractivity contribution < 1.29 is 9.53 Å². The largest absolute Gasteiger partial charge is 0.496 e. The lowest BCUT2D eigenvalue weighted by Gasteiger charge is -2.36. The SMILES string of the molecule is COc1ccccc1CC(=O)NC1C[C@H]2CC[C@H](C1)N2C. The molecule has 4 nitrogen and oxygen atoms in total. The number of carbonyl (C=O) groups excluding carboxylic acids is 1.